The maximum Gasteiger partial charge on any atom is 0.407 e. The molecule has 1 aromatic carbocycles. The number of nitrogens with zero attached hydrogens (tertiary/aromatic N) is 1. The predicted octanol–water partition coefficient (Wildman–Crippen LogP) is 3.08. The van der Waals surface area contributed by atoms with E-state index in [1.165, 1.54) is 7.11 Å². The van der Waals surface area contributed by atoms with Crippen LogP contribution in [0.15, 0.2) is 30.3 Å². The van der Waals surface area contributed by atoms with E-state index >= 15 is 0 Å². The highest BCUT2D eigenvalue weighted by atomic mass is 32.2. The van der Waals surface area contributed by atoms with Gasteiger partial charge in [0.25, 0.3) is 5.91 Å². The number of ether oxygens (including phenoxy) is 2. The zero-order valence-electron chi connectivity index (χ0n) is 33.6. The summed E-state index contributed by atoms with van der Waals surface area (Å²) < 4.78 is 9.98. The summed E-state index contributed by atoms with van der Waals surface area (Å²) in [5.74, 6) is -2.33. The summed E-state index contributed by atoms with van der Waals surface area (Å²) in [6.45, 7) is 6.07. The predicted molar refractivity (Wildman–Crippen MR) is 219 cm³/mol. The van der Waals surface area contributed by atoms with Crippen molar-refractivity contribution in [3.63, 3.8) is 0 Å². The Bertz CT molecular complexity index is 1540. The van der Waals surface area contributed by atoms with Crippen LogP contribution in [0.4, 0.5) is 4.79 Å². The van der Waals surface area contributed by atoms with Gasteiger partial charge in [-0.3, -0.25) is 28.8 Å². The minimum absolute atomic E-state index is 0.112. The van der Waals surface area contributed by atoms with Gasteiger partial charge in [-0.1, -0.05) is 76.8 Å². The van der Waals surface area contributed by atoms with Crippen LogP contribution in [0.1, 0.15) is 90.2 Å². The number of carbonyl (C=O) groups is 7. The Hall–Kier alpha value is -3.83. The first-order chi connectivity index (χ1) is 27.4. The second-order valence-corrected chi connectivity index (χ2v) is 18.5. The van der Waals surface area contributed by atoms with Gasteiger partial charge in [0.05, 0.1) is 29.9 Å². The number of rotatable bonds is 19. The molecule has 57 heavy (non-hydrogen) atoms. The number of methoxy groups -OCH3 is 1. The van der Waals surface area contributed by atoms with E-state index < -0.39 is 70.3 Å². The van der Waals surface area contributed by atoms with Crippen LogP contribution in [0.2, 0.25) is 0 Å². The molecule has 3 fully saturated rings. The molecule has 0 bridgehead atoms. The molecule has 2 saturated heterocycles. The third-order valence-corrected chi connectivity index (χ3v) is 13.6. The van der Waals surface area contributed by atoms with Crippen LogP contribution in [0.5, 0.6) is 0 Å². The first kappa shape index (κ1) is 45.9. The fraction of sp³-hybridized carbons (Fsp3) is 0.675. The number of Topliss-reactive ketones (excluding diaryl/α,β-unsaturated/α-hetero) is 1. The summed E-state index contributed by atoms with van der Waals surface area (Å²) in [7, 11) is 1.50. The molecule has 1 aromatic rings. The molecule has 5 N–H and O–H groups in total. The SMILES string of the molecule is CCCC(NC(=O)C1CC2(CN1C(=O)C(NC(=O)OCC(C)C)C1CCCCC1)SCCCS2)C(=O)C(=O)NCC(=O)NC(C(=O)NCCOC)c1ccccc1. The molecule has 4 atom stereocenters. The number of hydrogen-bond acceptors (Lipinski definition) is 11. The molecule has 17 heteroatoms. The average Bonchev–Trinajstić information content (AvgIpc) is 3.58. The summed E-state index contributed by atoms with van der Waals surface area (Å²) >= 11 is 3.45. The van der Waals surface area contributed by atoms with Crippen LogP contribution >= 0.6 is 23.5 Å². The third kappa shape index (κ3) is 13.6. The summed E-state index contributed by atoms with van der Waals surface area (Å²) in [5, 5.41) is 13.3. The minimum atomic E-state index is -1.22. The lowest BCUT2D eigenvalue weighted by Crippen LogP contribution is -2.58. The fourth-order valence-electron chi connectivity index (χ4n) is 7.34. The average molecular weight is 833 g/mol. The van der Waals surface area contributed by atoms with Gasteiger partial charge in [-0.2, -0.15) is 0 Å². The van der Waals surface area contributed by atoms with Crippen LogP contribution in [0, 0.1) is 11.8 Å². The molecule has 4 rings (SSSR count). The van der Waals surface area contributed by atoms with E-state index in [2.05, 4.69) is 26.6 Å². The van der Waals surface area contributed by atoms with Crippen molar-refractivity contribution < 1.29 is 43.0 Å². The van der Waals surface area contributed by atoms with E-state index in [1.807, 2.05) is 20.8 Å². The van der Waals surface area contributed by atoms with Crippen molar-refractivity contribution in [1.29, 1.82) is 0 Å². The van der Waals surface area contributed by atoms with Crippen molar-refractivity contribution in [3.8, 4) is 0 Å². The molecule has 316 valence electrons. The highest BCUT2D eigenvalue weighted by Crippen LogP contribution is 2.50. The third-order valence-electron chi connectivity index (χ3n) is 10.3. The Balaban J connectivity index is 1.46. The number of hydrogen-bond donors (Lipinski definition) is 5. The molecule has 2 aliphatic heterocycles. The Morgan fingerprint density at radius 2 is 1.61 bits per heavy atom. The summed E-state index contributed by atoms with van der Waals surface area (Å²) in [6.07, 6.45) is 5.70. The molecule has 4 unspecified atom stereocenters. The first-order valence-electron chi connectivity index (χ1n) is 20.1. The van der Waals surface area contributed by atoms with Crippen LogP contribution in [-0.2, 0) is 38.2 Å². The van der Waals surface area contributed by atoms with E-state index in [-0.39, 0.29) is 43.9 Å². The molecular formula is C40H60N6O9S2. The molecule has 1 spiro atoms. The van der Waals surface area contributed by atoms with Gasteiger partial charge < -0.3 is 41.0 Å². The zero-order chi connectivity index (χ0) is 41.4. The maximum atomic E-state index is 14.6. The molecule has 1 aliphatic carbocycles. The number of carbonyl (C=O) groups excluding carboxylic acids is 7. The first-order valence-corrected chi connectivity index (χ1v) is 22.1. The van der Waals surface area contributed by atoms with E-state index in [0.717, 1.165) is 50.0 Å². The summed E-state index contributed by atoms with van der Waals surface area (Å²) in [5.41, 5.74) is 0.520. The highest BCUT2D eigenvalue weighted by Gasteiger charge is 2.52. The molecule has 1 saturated carbocycles. The molecule has 3 aliphatic rings. The Labute approximate surface area is 344 Å². The van der Waals surface area contributed by atoms with Crippen molar-refractivity contribution in [3.05, 3.63) is 35.9 Å². The van der Waals surface area contributed by atoms with E-state index in [9.17, 15) is 33.6 Å². The molecule has 15 nitrogen and oxygen atoms in total. The van der Waals surface area contributed by atoms with Crippen molar-refractivity contribution in [1.82, 2.24) is 31.5 Å². The van der Waals surface area contributed by atoms with Gasteiger partial charge in [0.1, 0.15) is 18.1 Å². The number of alkyl carbamates (subject to hydrolysis) is 1. The second-order valence-electron chi connectivity index (χ2n) is 15.3. The Morgan fingerprint density at radius 1 is 0.912 bits per heavy atom. The monoisotopic (exact) mass is 832 g/mol. The van der Waals surface area contributed by atoms with Gasteiger partial charge >= 0.3 is 6.09 Å². The van der Waals surface area contributed by atoms with Crippen LogP contribution in [-0.4, -0.2) is 120 Å². The van der Waals surface area contributed by atoms with Gasteiger partial charge in [0.2, 0.25) is 29.4 Å². The van der Waals surface area contributed by atoms with Gasteiger partial charge in [0, 0.05) is 26.6 Å². The lowest BCUT2D eigenvalue weighted by Gasteiger charge is -2.35. The Morgan fingerprint density at radius 3 is 2.26 bits per heavy atom. The number of nitrogens with one attached hydrogen (secondary N) is 5. The minimum Gasteiger partial charge on any atom is -0.449 e. The van der Waals surface area contributed by atoms with Gasteiger partial charge in [0.15, 0.2) is 0 Å². The quantitative estimate of drug-likeness (QED) is 0.101. The number of thioether (sulfide) groups is 2. The molecule has 6 amide bonds. The van der Waals surface area contributed by atoms with Crippen LogP contribution in [0.25, 0.3) is 0 Å². The fourth-order valence-corrected chi connectivity index (χ4v) is 10.7. The highest BCUT2D eigenvalue weighted by molar-refractivity contribution is 8.18. The van der Waals surface area contributed by atoms with E-state index in [0.29, 0.717) is 24.9 Å². The number of benzene rings is 1. The zero-order valence-corrected chi connectivity index (χ0v) is 35.2. The maximum absolute atomic E-state index is 14.6. The van der Waals surface area contributed by atoms with Crippen molar-refractivity contribution in [2.45, 2.75) is 107 Å². The van der Waals surface area contributed by atoms with Gasteiger partial charge in [-0.05, 0) is 54.6 Å². The van der Waals surface area contributed by atoms with Crippen molar-refractivity contribution in [2.75, 3.05) is 51.5 Å². The largest absolute Gasteiger partial charge is 0.449 e. The number of amides is 6. The standard InChI is InChI=1S/C40H60N6O9S2/c1-5-13-29(34(48)37(51)42-23-31(47)44-32(27-14-8-6-9-15-27)36(50)41-18-19-54-4)43-35(49)30-22-40(56-20-12-21-57-40)25-46(30)38(52)33(28-16-10-7-11-17-28)45-39(53)55-24-26(2)3/h6,8-9,14-15,26,28-30,32-33H,5,7,10-13,16-25H2,1-4H3,(H,41,50)(H,42,51)(H,43,49)(H,44,47)(H,45,53). The lowest BCUT2D eigenvalue weighted by molar-refractivity contribution is -0.143. The Kier molecular flexibility index (Phi) is 18.5. The normalized spacial score (nSPS) is 19.5. The second kappa shape index (κ2) is 22.9. The molecule has 0 aromatic heterocycles. The smallest absolute Gasteiger partial charge is 0.407 e. The van der Waals surface area contributed by atoms with E-state index in [1.54, 1.807) is 58.8 Å². The summed E-state index contributed by atoms with van der Waals surface area (Å²) in [6, 6.07) is 4.49. The number of ketones is 1. The van der Waals surface area contributed by atoms with Crippen LogP contribution < -0.4 is 26.6 Å². The summed E-state index contributed by atoms with van der Waals surface area (Å²) in [4.78, 5) is 96.1. The van der Waals surface area contributed by atoms with Crippen molar-refractivity contribution in [2.24, 2.45) is 11.8 Å². The van der Waals surface area contributed by atoms with Crippen molar-refractivity contribution >= 4 is 64.9 Å². The van der Waals surface area contributed by atoms with Gasteiger partial charge in [-0.15, -0.1) is 23.5 Å². The molecule has 2 heterocycles. The molecule has 0 radical (unpaired) electrons. The lowest BCUT2D eigenvalue weighted by atomic mass is 9.83. The topological polar surface area (TPSA) is 201 Å². The van der Waals surface area contributed by atoms with Crippen LogP contribution in [0.3, 0.4) is 0 Å². The van der Waals surface area contributed by atoms with E-state index in [4.69, 9.17) is 9.47 Å². The molecular weight excluding hydrogens is 773 g/mol. The number of likely N-dealkylation sites (tertiary alicyclic amines) is 1. The van der Waals surface area contributed by atoms with Gasteiger partial charge in [-0.25, -0.2) is 4.79 Å².